The minimum Gasteiger partial charge on any atom is -0.508 e. The van der Waals surface area contributed by atoms with E-state index in [9.17, 15) is 15.3 Å². The van der Waals surface area contributed by atoms with E-state index in [1.54, 1.807) is 24.3 Å². The molecule has 2 aromatic carbocycles. The minimum absolute atomic E-state index is 0.139. The Kier molecular flexibility index (Phi) is 3.24. The van der Waals surface area contributed by atoms with Crippen LogP contribution in [-0.2, 0) is 0 Å². The normalized spacial score (nSPS) is 10.9. The number of hydrogen-bond donors (Lipinski definition) is 3. The van der Waals surface area contributed by atoms with Crippen LogP contribution in [0.1, 0.15) is 16.7 Å². The second-order valence-electron chi connectivity index (χ2n) is 4.18. The summed E-state index contributed by atoms with van der Waals surface area (Å²) in [5, 5.41) is 28.0. The van der Waals surface area contributed by atoms with Gasteiger partial charge in [-0.2, -0.15) is 0 Å². The SMILES string of the molecule is Cc1cc(O)cc(/C=C/c2ccc(O)c(O)c2)c1. The molecule has 0 unspecified atom stereocenters. The highest BCUT2D eigenvalue weighted by Crippen LogP contribution is 2.26. The van der Waals surface area contributed by atoms with Gasteiger partial charge in [0.05, 0.1) is 0 Å². The van der Waals surface area contributed by atoms with Crippen LogP contribution < -0.4 is 0 Å². The molecule has 2 aromatic rings. The molecule has 0 aliphatic rings. The summed E-state index contributed by atoms with van der Waals surface area (Å²) in [6.07, 6.45) is 3.63. The third kappa shape index (κ3) is 2.83. The Labute approximate surface area is 105 Å². The summed E-state index contributed by atoms with van der Waals surface area (Å²) in [5.74, 6) is -0.0622. The zero-order valence-corrected chi connectivity index (χ0v) is 9.96. The third-order valence-electron chi connectivity index (χ3n) is 2.55. The van der Waals surface area contributed by atoms with Gasteiger partial charge in [-0.1, -0.05) is 24.3 Å². The molecule has 0 aliphatic heterocycles. The van der Waals surface area contributed by atoms with Crippen molar-refractivity contribution in [3.63, 3.8) is 0 Å². The summed E-state index contributed by atoms with van der Waals surface area (Å²) in [6, 6.07) is 9.88. The number of benzene rings is 2. The quantitative estimate of drug-likeness (QED) is 0.559. The molecule has 18 heavy (non-hydrogen) atoms. The van der Waals surface area contributed by atoms with Crippen LogP contribution in [0.15, 0.2) is 36.4 Å². The molecule has 0 aromatic heterocycles. The van der Waals surface area contributed by atoms with Crippen LogP contribution in [0.2, 0.25) is 0 Å². The molecule has 0 spiro atoms. The molecule has 0 atom stereocenters. The van der Waals surface area contributed by atoms with Crippen molar-refractivity contribution in [2.24, 2.45) is 0 Å². The van der Waals surface area contributed by atoms with Crippen molar-refractivity contribution < 1.29 is 15.3 Å². The van der Waals surface area contributed by atoms with Gasteiger partial charge in [0.2, 0.25) is 0 Å². The van der Waals surface area contributed by atoms with Gasteiger partial charge < -0.3 is 15.3 Å². The van der Waals surface area contributed by atoms with E-state index < -0.39 is 0 Å². The molecule has 0 amide bonds. The Balaban J connectivity index is 2.27. The standard InChI is InChI=1S/C15H14O3/c1-10-6-12(8-13(16)7-10)3-2-11-4-5-14(17)15(18)9-11/h2-9,16-18H,1H3/b3-2+. The molecule has 0 radical (unpaired) electrons. The van der Waals surface area contributed by atoms with Crippen molar-refractivity contribution in [3.05, 3.63) is 53.1 Å². The lowest BCUT2D eigenvalue weighted by Crippen LogP contribution is -1.77. The van der Waals surface area contributed by atoms with Crippen molar-refractivity contribution in [3.8, 4) is 17.2 Å². The van der Waals surface area contributed by atoms with E-state index in [4.69, 9.17) is 0 Å². The van der Waals surface area contributed by atoms with Gasteiger partial charge in [-0.15, -0.1) is 0 Å². The average molecular weight is 242 g/mol. The highest BCUT2D eigenvalue weighted by molar-refractivity contribution is 5.71. The zero-order chi connectivity index (χ0) is 13.1. The fraction of sp³-hybridized carbons (Fsp3) is 0.0667. The van der Waals surface area contributed by atoms with Gasteiger partial charge in [0, 0.05) is 0 Å². The Bertz CT molecular complexity index is 580. The summed E-state index contributed by atoms with van der Waals surface area (Å²) in [7, 11) is 0. The number of rotatable bonds is 2. The summed E-state index contributed by atoms with van der Waals surface area (Å²) in [4.78, 5) is 0. The molecular weight excluding hydrogens is 228 g/mol. The van der Waals surface area contributed by atoms with Gasteiger partial charge in [-0.3, -0.25) is 0 Å². The second-order valence-corrected chi connectivity index (χ2v) is 4.18. The van der Waals surface area contributed by atoms with Crippen LogP contribution >= 0.6 is 0 Å². The van der Waals surface area contributed by atoms with Crippen molar-refractivity contribution in [1.29, 1.82) is 0 Å². The molecule has 0 saturated carbocycles. The molecule has 0 saturated heterocycles. The molecule has 0 bridgehead atoms. The molecule has 3 N–H and O–H groups in total. The highest BCUT2D eigenvalue weighted by atomic mass is 16.3. The van der Waals surface area contributed by atoms with Gasteiger partial charge >= 0.3 is 0 Å². The topological polar surface area (TPSA) is 60.7 Å². The maximum Gasteiger partial charge on any atom is 0.157 e. The lowest BCUT2D eigenvalue weighted by atomic mass is 10.1. The van der Waals surface area contributed by atoms with Gasteiger partial charge in [0.1, 0.15) is 5.75 Å². The summed E-state index contributed by atoms with van der Waals surface area (Å²) in [6.45, 7) is 1.91. The Morgan fingerprint density at radius 2 is 1.50 bits per heavy atom. The van der Waals surface area contributed by atoms with Gasteiger partial charge in [0.15, 0.2) is 11.5 Å². The first-order valence-electron chi connectivity index (χ1n) is 5.55. The first kappa shape index (κ1) is 12.0. The lowest BCUT2D eigenvalue weighted by Gasteiger charge is -2.00. The van der Waals surface area contributed by atoms with Crippen molar-refractivity contribution >= 4 is 12.2 Å². The smallest absolute Gasteiger partial charge is 0.157 e. The number of phenols is 3. The van der Waals surface area contributed by atoms with E-state index in [0.717, 1.165) is 16.7 Å². The van der Waals surface area contributed by atoms with Crippen LogP contribution in [-0.4, -0.2) is 15.3 Å². The molecule has 92 valence electrons. The first-order valence-corrected chi connectivity index (χ1v) is 5.55. The summed E-state index contributed by atoms with van der Waals surface area (Å²) < 4.78 is 0. The Hall–Kier alpha value is -2.42. The molecular formula is C15H14O3. The predicted molar refractivity (Wildman–Crippen MR) is 71.5 cm³/mol. The number of phenolic OH excluding ortho intramolecular Hbond substituents is 3. The fourth-order valence-electron chi connectivity index (χ4n) is 1.72. The van der Waals surface area contributed by atoms with Crippen molar-refractivity contribution in [1.82, 2.24) is 0 Å². The van der Waals surface area contributed by atoms with Crippen LogP contribution in [0.5, 0.6) is 17.2 Å². The van der Waals surface area contributed by atoms with Crippen molar-refractivity contribution in [2.45, 2.75) is 6.92 Å². The predicted octanol–water partition coefficient (Wildman–Crippen LogP) is 3.28. The van der Waals surface area contributed by atoms with E-state index in [1.807, 2.05) is 19.1 Å². The third-order valence-corrected chi connectivity index (χ3v) is 2.55. The van der Waals surface area contributed by atoms with E-state index in [2.05, 4.69) is 0 Å². The molecule has 0 heterocycles. The van der Waals surface area contributed by atoms with Crippen LogP contribution in [0, 0.1) is 6.92 Å². The zero-order valence-electron chi connectivity index (χ0n) is 9.96. The summed E-state index contributed by atoms with van der Waals surface area (Å²) >= 11 is 0. The second kappa shape index (κ2) is 4.84. The first-order chi connectivity index (χ1) is 8.54. The maximum absolute atomic E-state index is 9.46. The van der Waals surface area contributed by atoms with Gasteiger partial charge in [0.25, 0.3) is 0 Å². The minimum atomic E-state index is -0.149. The average Bonchev–Trinajstić information content (AvgIpc) is 2.29. The lowest BCUT2D eigenvalue weighted by molar-refractivity contribution is 0.403. The van der Waals surface area contributed by atoms with Crippen LogP contribution in [0.4, 0.5) is 0 Å². The number of aryl methyl sites for hydroxylation is 1. The monoisotopic (exact) mass is 242 g/mol. The Morgan fingerprint density at radius 1 is 0.778 bits per heavy atom. The van der Waals surface area contributed by atoms with E-state index >= 15 is 0 Å². The largest absolute Gasteiger partial charge is 0.508 e. The van der Waals surface area contributed by atoms with E-state index in [-0.39, 0.29) is 17.2 Å². The Morgan fingerprint density at radius 3 is 2.17 bits per heavy atom. The van der Waals surface area contributed by atoms with E-state index in [0.29, 0.717) is 0 Å². The van der Waals surface area contributed by atoms with E-state index in [1.165, 1.54) is 12.1 Å². The van der Waals surface area contributed by atoms with Crippen LogP contribution in [0.25, 0.3) is 12.2 Å². The molecule has 3 heteroatoms. The maximum atomic E-state index is 9.46. The van der Waals surface area contributed by atoms with Gasteiger partial charge in [-0.25, -0.2) is 0 Å². The number of hydrogen-bond acceptors (Lipinski definition) is 3. The molecule has 2 rings (SSSR count). The molecule has 3 nitrogen and oxygen atoms in total. The highest BCUT2D eigenvalue weighted by Gasteiger charge is 1.98. The summed E-state index contributed by atoms with van der Waals surface area (Å²) in [5.41, 5.74) is 2.62. The number of aromatic hydroxyl groups is 3. The molecule has 0 aliphatic carbocycles. The van der Waals surface area contributed by atoms with Gasteiger partial charge in [-0.05, 0) is 47.9 Å². The van der Waals surface area contributed by atoms with Crippen molar-refractivity contribution in [2.75, 3.05) is 0 Å². The fourth-order valence-corrected chi connectivity index (χ4v) is 1.72. The van der Waals surface area contributed by atoms with Crippen LogP contribution in [0.3, 0.4) is 0 Å². The molecule has 0 fully saturated rings.